The van der Waals surface area contributed by atoms with Gasteiger partial charge in [-0.25, -0.2) is 4.39 Å². The van der Waals surface area contributed by atoms with Gasteiger partial charge in [0.1, 0.15) is 5.82 Å². The number of benzene rings is 6. The van der Waals surface area contributed by atoms with E-state index in [2.05, 4.69) is 0 Å². The maximum absolute atomic E-state index is 16.8. The van der Waals surface area contributed by atoms with Gasteiger partial charge in [-0.05, 0) is 34.9 Å². The summed E-state index contributed by atoms with van der Waals surface area (Å²) in [6.45, 7) is -3.14. The summed E-state index contributed by atoms with van der Waals surface area (Å²) in [6, 6.07) is 47.1. The number of Topliss-reactive ketones (excluding diaryl/α,β-unsaturated/α-hetero) is 1. The van der Waals surface area contributed by atoms with Gasteiger partial charge in [0.2, 0.25) is 0 Å². The van der Waals surface area contributed by atoms with Crippen LogP contribution in [0.3, 0.4) is 0 Å². The molecule has 0 radical (unpaired) electrons. The van der Waals surface area contributed by atoms with E-state index in [1.165, 1.54) is 6.07 Å². The Hall–Kier alpha value is -5.44. The first-order valence-corrected chi connectivity index (χ1v) is 16.4. The van der Waals surface area contributed by atoms with Crippen molar-refractivity contribution in [3.05, 3.63) is 197 Å². The van der Waals surface area contributed by atoms with Crippen LogP contribution in [0.1, 0.15) is 47.8 Å². The van der Waals surface area contributed by atoms with Gasteiger partial charge in [0.25, 0.3) is 0 Å². The number of halogens is 1. The summed E-state index contributed by atoms with van der Waals surface area (Å²) < 4.78 is 16.8. The average Bonchev–Trinajstić information content (AvgIpc) is 3.11. The molecule has 0 aromatic heterocycles. The highest BCUT2D eigenvalue weighted by molar-refractivity contribution is 7.97. The van der Waals surface area contributed by atoms with Crippen molar-refractivity contribution in [3.63, 3.8) is 0 Å². The fourth-order valence-corrected chi connectivity index (χ4v) is 10.8. The highest BCUT2D eigenvalue weighted by Crippen LogP contribution is 2.49. The largest absolute Gasteiger partial charge is 0.289 e. The van der Waals surface area contributed by atoms with Crippen LogP contribution < -0.4 is 15.9 Å². The molecule has 0 aliphatic heterocycles. The molecule has 6 aromatic rings. The standard InChI is InChI=1S/C40H26FO3P/c41-36-26-34-33(38(43)31-23-13-14-24-32(31)39(34)44)25-35(36)40(37(42)27-15-5-1-6-16-27)45(28-17-7-2-8-18-28,29-19-9-3-10-20-29)30-21-11-4-12-22-30/h1-26H. The Kier molecular flexibility index (Phi) is 7.29. The zero-order valence-corrected chi connectivity index (χ0v) is 25.0. The number of hydrogen-bond donors (Lipinski definition) is 0. The number of carbonyl (C=O) groups is 3. The van der Waals surface area contributed by atoms with Gasteiger partial charge in [-0.2, -0.15) is 0 Å². The first kappa shape index (κ1) is 28.3. The molecule has 0 unspecified atom stereocenters. The summed E-state index contributed by atoms with van der Waals surface area (Å²) in [5, 5.41) is 2.81. The minimum Gasteiger partial charge on any atom is -0.289 e. The van der Waals surface area contributed by atoms with E-state index in [1.807, 2.05) is 97.1 Å². The lowest BCUT2D eigenvalue weighted by atomic mass is 9.82. The second-order valence-corrected chi connectivity index (χ2v) is 14.1. The quantitative estimate of drug-likeness (QED) is 0.152. The molecule has 0 saturated carbocycles. The van der Waals surface area contributed by atoms with Gasteiger partial charge >= 0.3 is 0 Å². The van der Waals surface area contributed by atoms with E-state index in [4.69, 9.17) is 0 Å². The molecule has 1 aliphatic carbocycles. The SMILES string of the molecule is O=C(C(c1cc2c(cc1F)C(=O)c1ccccc1C2=O)=P(c1ccccc1)(c1ccccc1)c1ccccc1)c1ccccc1. The number of rotatable bonds is 6. The predicted octanol–water partition coefficient (Wildman–Crippen LogP) is 7.00. The summed E-state index contributed by atoms with van der Waals surface area (Å²) in [5.74, 6) is -1.89. The third-order valence-corrected chi connectivity index (χ3v) is 12.6. The van der Waals surface area contributed by atoms with Crippen LogP contribution in [0, 0.1) is 5.82 Å². The van der Waals surface area contributed by atoms with Crippen molar-refractivity contribution in [1.82, 2.24) is 0 Å². The van der Waals surface area contributed by atoms with Gasteiger partial charge in [-0.15, -0.1) is 0 Å². The summed E-state index contributed by atoms with van der Waals surface area (Å²) in [4.78, 5) is 42.4. The Bertz CT molecular complexity index is 2050. The lowest BCUT2D eigenvalue weighted by Gasteiger charge is -2.33. The van der Waals surface area contributed by atoms with E-state index in [-0.39, 0.29) is 44.7 Å². The number of ketones is 3. The zero-order chi connectivity index (χ0) is 31.0. The molecular formula is C40H26FO3P. The van der Waals surface area contributed by atoms with Gasteiger partial charge in [-0.3, -0.25) is 14.4 Å². The fourth-order valence-electron chi connectivity index (χ4n) is 6.27. The molecule has 6 aromatic carbocycles. The second kappa shape index (κ2) is 11.6. The summed E-state index contributed by atoms with van der Waals surface area (Å²) in [5.41, 5.74) is 0.984. The van der Waals surface area contributed by atoms with Crippen molar-refractivity contribution in [2.75, 3.05) is 0 Å². The molecule has 216 valence electrons. The molecule has 0 saturated heterocycles. The van der Waals surface area contributed by atoms with E-state index in [9.17, 15) is 9.59 Å². The smallest absolute Gasteiger partial charge is 0.194 e. The molecule has 5 heteroatoms. The molecule has 1 aliphatic rings. The third-order valence-electron chi connectivity index (χ3n) is 8.28. The predicted molar refractivity (Wildman–Crippen MR) is 180 cm³/mol. The van der Waals surface area contributed by atoms with Crippen molar-refractivity contribution in [2.45, 2.75) is 0 Å². The van der Waals surface area contributed by atoms with Crippen LogP contribution in [-0.2, 0) is 0 Å². The van der Waals surface area contributed by atoms with E-state index >= 15 is 9.18 Å². The lowest BCUT2D eigenvalue weighted by Crippen LogP contribution is -2.35. The highest BCUT2D eigenvalue weighted by Gasteiger charge is 2.38. The maximum atomic E-state index is 16.8. The average molecular weight is 605 g/mol. The van der Waals surface area contributed by atoms with Crippen LogP contribution in [0.15, 0.2) is 158 Å². The van der Waals surface area contributed by atoms with Crippen molar-refractivity contribution < 1.29 is 18.8 Å². The highest BCUT2D eigenvalue weighted by atomic mass is 31.2. The van der Waals surface area contributed by atoms with Crippen LogP contribution in [0.2, 0.25) is 0 Å². The number of hydrogen-bond acceptors (Lipinski definition) is 3. The first-order valence-electron chi connectivity index (χ1n) is 14.6. The van der Waals surface area contributed by atoms with Crippen LogP contribution in [-0.4, -0.2) is 22.6 Å². The molecule has 0 amide bonds. The van der Waals surface area contributed by atoms with Crippen molar-refractivity contribution in [3.8, 4) is 0 Å². The van der Waals surface area contributed by atoms with Crippen molar-refractivity contribution in [1.29, 1.82) is 0 Å². The van der Waals surface area contributed by atoms with Gasteiger partial charge < -0.3 is 0 Å². The van der Waals surface area contributed by atoms with E-state index in [0.717, 1.165) is 22.0 Å². The first-order chi connectivity index (χ1) is 22.0. The number of fused-ring (bicyclic) bond motifs is 2. The Labute approximate surface area is 260 Å². The van der Waals surface area contributed by atoms with Crippen LogP contribution in [0.4, 0.5) is 4.39 Å². The Balaban J connectivity index is 1.70. The fraction of sp³-hybridized carbons (Fsp3) is 0. The lowest BCUT2D eigenvalue weighted by molar-refractivity contribution is 0.0978. The monoisotopic (exact) mass is 604 g/mol. The molecule has 0 bridgehead atoms. The Morgan fingerprint density at radius 3 is 1.29 bits per heavy atom. The van der Waals surface area contributed by atoms with Gasteiger partial charge in [0.05, 0.1) is 0 Å². The molecule has 7 rings (SSSR count). The Morgan fingerprint density at radius 1 is 0.467 bits per heavy atom. The number of carbonyl (C=O) groups excluding carboxylic acids is 3. The normalized spacial score (nSPS) is 12.3. The Morgan fingerprint density at radius 2 is 0.844 bits per heavy atom. The summed E-state index contributed by atoms with van der Waals surface area (Å²) >= 11 is 0. The van der Waals surface area contributed by atoms with E-state index < -0.39 is 18.5 Å². The van der Waals surface area contributed by atoms with Crippen LogP contribution >= 0.6 is 6.89 Å². The third kappa shape index (κ3) is 4.63. The molecule has 0 heterocycles. The summed E-state index contributed by atoms with van der Waals surface area (Å²) in [7, 11) is 0. The van der Waals surface area contributed by atoms with Crippen LogP contribution in [0.5, 0.6) is 0 Å². The minimum absolute atomic E-state index is 0.00507. The molecule has 0 fully saturated rings. The molecule has 3 nitrogen and oxygen atoms in total. The molecular weight excluding hydrogens is 578 g/mol. The van der Waals surface area contributed by atoms with Gasteiger partial charge in [0.15, 0.2) is 17.3 Å². The van der Waals surface area contributed by atoms with Crippen molar-refractivity contribution in [2.24, 2.45) is 0 Å². The zero-order valence-electron chi connectivity index (χ0n) is 24.1. The van der Waals surface area contributed by atoms with Crippen molar-refractivity contribution >= 4 is 45.4 Å². The van der Waals surface area contributed by atoms with Gasteiger partial charge in [-0.1, -0.05) is 146 Å². The summed E-state index contributed by atoms with van der Waals surface area (Å²) in [6.07, 6.45) is 0. The molecule has 0 N–H and O–H groups in total. The van der Waals surface area contributed by atoms with Gasteiger partial charge in [0, 0.05) is 38.7 Å². The molecule has 0 atom stereocenters. The molecule has 45 heavy (non-hydrogen) atoms. The van der Waals surface area contributed by atoms with Crippen LogP contribution in [0.25, 0.3) is 0 Å². The maximum Gasteiger partial charge on any atom is 0.194 e. The molecule has 0 spiro atoms. The van der Waals surface area contributed by atoms with E-state index in [0.29, 0.717) is 5.56 Å². The second-order valence-electron chi connectivity index (χ2n) is 10.8. The minimum atomic E-state index is -3.14. The topological polar surface area (TPSA) is 51.2 Å². The van der Waals surface area contributed by atoms with E-state index in [1.54, 1.807) is 48.5 Å².